The Morgan fingerprint density at radius 1 is 1.04 bits per heavy atom. The normalized spacial score (nSPS) is 15.8. The van der Waals surface area contributed by atoms with Gasteiger partial charge in [-0.3, -0.25) is 4.79 Å². The molecule has 1 aliphatic rings. The van der Waals surface area contributed by atoms with E-state index in [0.717, 1.165) is 0 Å². The summed E-state index contributed by atoms with van der Waals surface area (Å²) in [6, 6.07) is 8.57. The molecule has 1 heterocycles. The van der Waals surface area contributed by atoms with Crippen LogP contribution in [-0.2, 0) is 10.0 Å². The molecule has 1 aliphatic heterocycles. The van der Waals surface area contributed by atoms with Crippen LogP contribution in [0.2, 0.25) is 10.0 Å². The van der Waals surface area contributed by atoms with E-state index < -0.39 is 15.8 Å². The molecule has 0 radical (unpaired) electrons. The van der Waals surface area contributed by atoms with E-state index in [9.17, 15) is 17.6 Å². The quantitative estimate of drug-likeness (QED) is 0.747. The number of amides is 1. The maximum absolute atomic E-state index is 13.7. The molecule has 144 valence electrons. The lowest BCUT2D eigenvalue weighted by Gasteiger charge is -2.34. The van der Waals surface area contributed by atoms with Crippen molar-refractivity contribution in [3.63, 3.8) is 0 Å². The number of nitrogens with zero attached hydrogens (tertiary/aromatic N) is 2. The third kappa shape index (κ3) is 4.11. The lowest BCUT2D eigenvalue weighted by molar-refractivity contribution is 0.0697. The highest BCUT2D eigenvalue weighted by molar-refractivity contribution is 7.89. The predicted octanol–water partition coefficient (Wildman–Crippen LogP) is 3.59. The number of carbonyl (C=O) groups excluding carboxylic acids is 1. The van der Waals surface area contributed by atoms with Gasteiger partial charge in [-0.1, -0.05) is 29.3 Å². The van der Waals surface area contributed by atoms with Gasteiger partial charge in [0.05, 0.1) is 5.02 Å². The van der Waals surface area contributed by atoms with Gasteiger partial charge < -0.3 is 4.90 Å². The Kier molecular flexibility index (Phi) is 5.76. The van der Waals surface area contributed by atoms with Crippen molar-refractivity contribution in [2.45, 2.75) is 11.8 Å². The van der Waals surface area contributed by atoms with Crippen molar-refractivity contribution in [2.24, 2.45) is 0 Å². The number of piperazine rings is 1. The molecule has 2 aromatic carbocycles. The summed E-state index contributed by atoms with van der Waals surface area (Å²) >= 11 is 11.9. The Bertz CT molecular complexity index is 990. The molecule has 0 unspecified atom stereocenters. The predicted molar refractivity (Wildman–Crippen MR) is 102 cm³/mol. The standard InChI is InChI=1S/C18H17Cl2FN2O3S/c1-12-2-3-13(10-16(12)21)18(24)22-6-8-23(9-7-22)27(25,26)17-11-14(19)4-5-15(17)20/h2-5,10-11H,6-9H2,1H3. The number of sulfonamides is 1. The molecular weight excluding hydrogens is 414 g/mol. The van der Waals surface area contributed by atoms with E-state index in [1.165, 1.54) is 33.5 Å². The number of benzene rings is 2. The first-order chi connectivity index (χ1) is 12.7. The summed E-state index contributed by atoms with van der Waals surface area (Å²) < 4.78 is 40.6. The summed E-state index contributed by atoms with van der Waals surface area (Å²) in [6.45, 7) is 2.25. The zero-order valence-electron chi connectivity index (χ0n) is 14.5. The van der Waals surface area contributed by atoms with Crippen LogP contribution in [0.15, 0.2) is 41.3 Å². The minimum absolute atomic E-state index is 0.0583. The van der Waals surface area contributed by atoms with Crippen molar-refractivity contribution >= 4 is 39.1 Å². The summed E-state index contributed by atoms with van der Waals surface area (Å²) in [4.78, 5) is 14.0. The second kappa shape index (κ2) is 7.75. The molecule has 1 saturated heterocycles. The molecule has 5 nitrogen and oxygen atoms in total. The van der Waals surface area contributed by atoms with Gasteiger partial charge in [-0.05, 0) is 42.8 Å². The van der Waals surface area contributed by atoms with Crippen molar-refractivity contribution in [1.29, 1.82) is 0 Å². The molecule has 0 spiro atoms. The molecule has 0 aromatic heterocycles. The van der Waals surface area contributed by atoms with E-state index in [-0.39, 0.29) is 52.6 Å². The van der Waals surface area contributed by atoms with E-state index >= 15 is 0 Å². The summed E-state index contributed by atoms with van der Waals surface area (Å²) in [5.41, 5.74) is 0.702. The van der Waals surface area contributed by atoms with E-state index in [0.29, 0.717) is 5.56 Å². The van der Waals surface area contributed by atoms with Gasteiger partial charge in [0.15, 0.2) is 0 Å². The Labute approximate surface area is 167 Å². The van der Waals surface area contributed by atoms with Crippen LogP contribution in [0.5, 0.6) is 0 Å². The Balaban J connectivity index is 1.73. The molecule has 9 heteroatoms. The SMILES string of the molecule is Cc1ccc(C(=O)N2CCN(S(=O)(=O)c3cc(Cl)ccc3Cl)CC2)cc1F. The topological polar surface area (TPSA) is 57.7 Å². The average molecular weight is 431 g/mol. The minimum atomic E-state index is -3.82. The van der Waals surface area contributed by atoms with E-state index in [1.54, 1.807) is 19.1 Å². The molecular formula is C18H17Cl2FN2O3S. The number of hydrogen-bond donors (Lipinski definition) is 0. The van der Waals surface area contributed by atoms with Gasteiger partial charge in [-0.15, -0.1) is 0 Å². The number of aryl methyl sites for hydroxylation is 1. The summed E-state index contributed by atoms with van der Waals surface area (Å²) in [5.74, 6) is -0.774. The van der Waals surface area contributed by atoms with Crippen LogP contribution >= 0.6 is 23.2 Å². The first kappa shape index (κ1) is 20.1. The van der Waals surface area contributed by atoms with Crippen molar-refractivity contribution in [3.05, 3.63) is 63.4 Å². The van der Waals surface area contributed by atoms with Crippen LogP contribution in [0.25, 0.3) is 0 Å². The molecule has 0 saturated carbocycles. The zero-order valence-corrected chi connectivity index (χ0v) is 16.8. The van der Waals surface area contributed by atoms with Gasteiger partial charge in [0.1, 0.15) is 10.7 Å². The van der Waals surface area contributed by atoms with Crippen molar-refractivity contribution < 1.29 is 17.6 Å². The van der Waals surface area contributed by atoms with Crippen molar-refractivity contribution in [1.82, 2.24) is 9.21 Å². The van der Waals surface area contributed by atoms with Gasteiger partial charge in [0.2, 0.25) is 10.0 Å². The second-order valence-electron chi connectivity index (χ2n) is 6.23. The molecule has 0 atom stereocenters. The molecule has 1 fully saturated rings. The minimum Gasteiger partial charge on any atom is -0.336 e. The highest BCUT2D eigenvalue weighted by Crippen LogP contribution is 2.28. The molecule has 0 aliphatic carbocycles. The maximum Gasteiger partial charge on any atom is 0.254 e. The highest BCUT2D eigenvalue weighted by Gasteiger charge is 2.32. The van der Waals surface area contributed by atoms with Gasteiger partial charge in [0, 0.05) is 36.8 Å². The number of halogens is 3. The maximum atomic E-state index is 13.7. The fourth-order valence-electron chi connectivity index (χ4n) is 2.85. The van der Waals surface area contributed by atoms with Crippen LogP contribution in [0.4, 0.5) is 4.39 Å². The van der Waals surface area contributed by atoms with E-state index in [1.807, 2.05) is 0 Å². The fourth-order valence-corrected chi connectivity index (χ4v) is 5.01. The average Bonchev–Trinajstić information content (AvgIpc) is 2.65. The summed E-state index contributed by atoms with van der Waals surface area (Å²) in [5, 5.41) is 0.362. The van der Waals surface area contributed by atoms with Crippen LogP contribution in [0, 0.1) is 12.7 Å². The van der Waals surface area contributed by atoms with Crippen molar-refractivity contribution in [2.75, 3.05) is 26.2 Å². The van der Waals surface area contributed by atoms with Crippen molar-refractivity contribution in [3.8, 4) is 0 Å². The van der Waals surface area contributed by atoms with Gasteiger partial charge in [0.25, 0.3) is 5.91 Å². The third-order valence-corrected chi connectivity index (χ3v) is 7.07. The van der Waals surface area contributed by atoms with Crippen LogP contribution < -0.4 is 0 Å². The monoisotopic (exact) mass is 430 g/mol. The van der Waals surface area contributed by atoms with Gasteiger partial charge in [-0.25, -0.2) is 12.8 Å². The zero-order chi connectivity index (χ0) is 19.8. The molecule has 3 rings (SSSR count). The smallest absolute Gasteiger partial charge is 0.254 e. The Morgan fingerprint density at radius 3 is 2.33 bits per heavy atom. The van der Waals surface area contributed by atoms with Crippen LogP contribution in [-0.4, -0.2) is 49.7 Å². The largest absolute Gasteiger partial charge is 0.336 e. The first-order valence-electron chi connectivity index (χ1n) is 8.21. The van der Waals surface area contributed by atoms with Crippen LogP contribution in [0.3, 0.4) is 0 Å². The summed E-state index contributed by atoms with van der Waals surface area (Å²) in [7, 11) is -3.82. The molecule has 27 heavy (non-hydrogen) atoms. The number of hydrogen-bond acceptors (Lipinski definition) is 3. The Hall–Kier alpha value is -1.67. The summed E-state index contributed by atoms with van der Waals surface area (Å²) in [6.07, 6.45) is 0. The number of carbonyl (C=O) groups is 1. The lowest BCUT2D eigenvalue weighted by atomic mass is 10.1. The molecule has 2 aromatic rings. The molecule has 0 N–H and O–H groups in total. The second-order valence-corrected chi connectivity index (χ2v) is 8.98. The lowest BCUT2D eigenvalue weighted by Crippen LogP contribution is -2.50. The van der Waals surface area contributed by atoms with Crippen LogP contribution in [0.1, 0.15) is 15.9 Å². The third-order valence-electron chi connectivity index (χ3n) is 4.46. The van der Waals surface area contributed by atoms with Gasteiger partial charge >= 0.3 is 0 Å². The first-order valence-corrected chi connectivity index (χ1v) is 10.4. The fraction of sp³-hybridized carbons (Fsp3) is 0.278. The van der Waals surface area contributed by atoms with E-state index in [4.69, 9.17) is 23.2 Å². The highest BCUT2D eigenvalue weighted by atomic mass is 35.5. The van der Waals surface area contributed by atoms with Gasteiger partial charge in [-0.2, -0.15) is 4.31 Å². The molecule has 1 amide bonds. The molecule has 0 bridgehead atoms. The van der Waals surface area contributed by atoms with E-state index in [2.05, 4.69) is 0 Å². The number of rotatable bonds is 3. The Morgan fingerprint density at radius 2 is 1.70 bits per heavy atom.